The van der Waals surface area contributed by atoms with Gasteiger partial charge in [-0.1, -0.05) is 72.8 Å². The van der Waals surface area contributed by atoms with E-state index in [2.05, 4.69) is 0 Å². The molecule has 2 atom stereocenters. The van der Waals surface area contributed by atoms with Gasteiger partial charge in [0.05, 0.1) is 28.5 Å². The smallest absolute Gasteiger partial charge is 0.267 e. The topological polar surface area (TPSA) is 45.6 Å². The number of benzene rings is 4. The van der Waals surface area contributed by atoms with Crippen molar-refractivity contribution in [2.24, 2.45) is 11.0 Å². The molecule has 0 radical (unpaired) electrons. The number of rotatable bonds is 4. The lowest BCUT2D eigenvalue weighted by Crippen LogP contribution is -2.32. The van der Waals surface area contributed by atoms with E-state index in [1.807, 2.05) is 66.7 Å². The molecular formula is C36H27F2N3O. The molecule has 2 unspecified atom stereocenters. The molecule has 1 aromatic heterocycles. The summed E-state index contributed by atoms with van der Waals surface area (Å²) in [5.41, 5.74) is 6.46. The second-order valence-electron chi connectivity index (χ2n) is 10.8. The number of allylic oxidation sites excluding steroid dienone is 1. The van der Waals surface area contributed by atoms with Crippen molar-refractivity contribution >= 4 is 28.6 Å². The minimum absolute atomic E-state index is 0.0541. The van der Waals surface area contributed by atoms with Crippen LogP contribution in [0, 0.1) is 17.6 Å². The number of hydrogen-bond acceptors (Lipinski definition) is 3. The number of amides is 1. The van der Waals surface area contributed by atoms with Gasteiger partial charge in [-0.2, -0.15) is 5.10 Å². The fraction of sp³-hybridized carbons (Fsp3) is 0.139. The van der Waals surface area contributed by atoms with Crippen LogP contribution in [-0.4, -0.2) is 21.6 Å². The van der Waals surface area contributed by atoms with Crippen molar-refractivity contribution in [1.82, 2.24) is 9.99 Å². The molecule has 1 aliphatic heterocycles. The van der Waals surface area contributed by atoms with E-state index in [-0.39, 0.29) is 23.5 Å². The molecule has 0 spiro atoms. The molecule has 0 saturated heterocycles. The van der Waals surface area contributed by atoms with Crippen LogP contribution in [0.3, 0.4) is 0 Å². The lowest BCUT2D eigenvalue weighted by Gasteiger charge is -2.30. The number of carbonyl (C=O) groups excluding carboxylic acids is 1. The van der Waals surface area contributed by atoms with Crippen LogP contribution in [0.2, 0.25) is 0 Å². The Morgan fingerprint density at radius 1 is 0.833 bits per heavy atom. The fourth-order valence-corrected chi connectivity index (χ4v) is 6.15. The van der Waals surface area contributed by atoms with Gasteiger partial charge in [0, 0.05) is 16.9 Å². The van der Waals surface area contributed by atoms with Crippen molar-refractivity contribution in [1.29, 1.82) is 0 Å². The van der Waals surface area contributed by atoms with E-state index in [1.54, 1.807) is 29.3 Å². The largest absolute Gasteiger partial charge is 0.275 e. The third-order valence-corrected chi connectivity index (χ3v) is 8.15. The van der Waals surface area contributed by atoms with Crippen LogP contribution in [0.1, 0.15) is 46.8 Å². The van der Waals surface area contributed by atoms with Gasteiger partial charge in [0.15, 0.2) is 0 Å². The third-order valence-electron chi connectivity index (χ3n) is 8.15. The molecule has 0 bridgehead atoms. The molecule has 1 amide bonds. The Balaban J connectivity index is 1.37. The van der Waals surface area contributed by atoms with Gasteiger partial charge in [-0.05, 0) is 78.4 Å². The Kier molecular flexibility index (Phi) is 6.67. The highest BCUT2D eigenvalue weighted by Crippen LogP contribution is 2.45. The molecule has 1 saturated carbocycles. The van der Waals surface area contributed by atoms with Crippen LogP contribution < -0.4 is 0 Å². The number of hydrogen-bond donors (Lipinski definition) is 0. The number of para-hydroxylation sites is 1. The number of aromatic nitrogens is 1. The van der Waals surface area contributed by atoms with Gasteiger partial charge in [-0.25, -0.2) is 18.8 Å². The minimum atomic E-state index is -0.392. The molecule has 42 heavy (non-hydrogen) atoms. The van der Waals surface area contributed by atoms with E-state index in [0.29, 0.717) is 11.3 Å². The predicted molar refractivity (Wildman–Crippen MR) is 162 cm³/mol. The molecule has 6 heteroatoms. The molecule has 7 rings (SSSR count). The maximum absolute atomic E-state index is 14.6. The zero-order chi connectivity index (χ0) is 28.6. The average molecular weight is 556 g/mol. The van der Waals surface area contributed by atoms with Gasteiger partial charge in [0.25, 0.3) is 5.91 Å². The molecule has 5 aromatic rings. The lowest BCUT2D eigenvalue weighted by molar-refractivity contribution is 0.0683. The monoisotopic (exact) mass is 555 g/mol. The normalized spacial score (nSPS) is 19.1. The van der Waals surface area contributed by atoms with E-state index < -0.39 is 6.04 Å². The number of fused-ring (bicyclic) bond motifs is 2. The molecule has 4 aromatic carbocycles. The summed E-state index contributed by atoms with van der Waals surface area (Å²) in [6.45, 7) is 0. The molecule has 2 heterocycles. The highest BCUT2D eigenvalue weighted by atomic mass is 19.1. The van der Waals surface area contributed by atoms with Crippen LogP contribution in [-0.2, 0) is 0 Å². The Hall–Kier alpha value is -4.97. The number of hydrazone groups is 1. The average Bonchev–Trinajstić information content (AvgIpc) is 3.43. The molecule has 206 valence electrons. The van der Waals surface area contributed by atoms with Crippen molar-refractivity contribution in [3.05, 3.63) is 143 Å². The first-order chi connectivity index (χ1) is 20.5. The summed E-state index contributed by atoms with van der Waals surface area (Å²) in [5, 5.41) is 7.35. The summed E-state index contributed by atoms with van der Waals surface area (Å²) < 4.78 is 27.6. The highest BCUT2D eigenvalue weighted by molar-refractivity contribution is 6.12. The van der Waals surface area contributed by atoms with E-state index >= 15 is 0 Å². The van der Waals surface area contributed by atoms with Crippen LogP contribution in [0.25, 0.3) is 28.2 Å². The van der Waals surface area contributed by atoms with Crippen molar-refractivity contribution < 1.29 is 13.6 Å². The van der Waals surface area contributed by atoms with Crippen molar-refractivity contribution in [3.63, 3.8) is 0 Å². The van der Waals surface area contributed by atoms with Crippen molar-refractivity contribution in [2.75, 3.05) is 0 Å². The van der Waals surface area contributed by atoms with Crippen LogP contribution in [0.15, 0.2) is 120 Å². The first kappa shape index (κ1) is 26.0. The maximum Gasteiger partial charge on any atom is 0.275 e. The molecule has 4 nitrogen and oxygen atoms in total. The highest BCUT2D eigenvalue weighted by Gasteiger charge is 2.44. The van der Waals surface area contributed by atoms with Crippen LogP contribution >= 0.6 is 0 Å². The predicted octanol–water partition coefficient (Wildman–Crippen LogP) is 8.62. The molecule has 2 aliphatic rings. The zero-order valence-electron chi connectivity index (χ0n) is 22.8. The number of pyridine rings is 1. The second kappa shape index (κ2) is 10.8. The summed E-state index contributed by atoms with van der Waals surface area (Å²) in [4.78, 5) is 19.5. The standard InChI is InChI=1S/C36H27F2N3O/c37-27-17-13-23(14-18-27)21-26-9-6-11-30-34(26)40-41(35(30)25-15-19-28(38)20-16-25)36(42)31-22-33(24-7-2-1-3-8-24)39-32-12-5-4-10-29(31)32/h1-5,7-8,10,12-22,30,35H,6,9,11H2/b26-21-. The van der Waals surface area contributed by atoms with E-state index in [0.717, 1.165) is 58.1 Å². The Bertz CT molecular complexity index is 1850. The lowest BCUT2D eigenvalue weighted by atomic mass is 9.77. The number of halogens is 2. The van der Waals surface area contributed by atoms with Gasteiger partial charge < -0.3 is 0 Å². The summed E-state index contributed by atoms with van der Waals surface area (Å²) in [7, 11) is 0. The van der Waals surface area contributed by atoms with E-state index in [1.165, 1.54) is 24.3 Å². The third kappa shape index (κ3) is 4.79. The first-order valence-corrected chi connectivity index (χ1v) is 14.1. The Labute approximate surface area is 242 Å². The van der Waals surface area contributed by atoms with Gasteiger partial charge >= 0.3 is 0 Å². The molecular weight excluding hydrogens is 528 g/mol. The fourth-order valence-electron chi connectivity index (χ4n) is 6.15. The van der Waals surface area contributed by atoms with Gasteiger partial charge in [0.2, 0.25) is 0 Å². The zero-order valence-corrected chi connectivity index (χ0v) is 22.8. The first-order valence-electron chi connectivity index (χ1n) is 14.1. The second-order valence-corrected chi connectivity index (χ2v) is 10.8. The maximum atomic E-state index is 14.6. The SMILES string of the molecule is O=C(c1cc(-c2ccccc2)nc2ccccc12)N1N=C2/C(=C\c3ccc(F)cc3)CCCC2C1c1ccc(F)cc1. The van der Waals surface area contributed by atoms with E-state index in [4.69, 9.17) is 10.1 Å². The molecule has 1 aliphatic carbocycles. The summed E-state index contributed by atoms with van der Waals surface area (Å²) in [5.74, 6) is -0.905. The summed E-state index contributed by atoms with van der Waals surface area (Å²) in [6, 6.07) is 31.6. The quantitative estimate of drug-likeness (QED) is 0.223. The van der Waals surface area contributed by atoms with E-state index in [9.17, 15) is 13.6 Å². The Morgan fingerprint density at radius 3 is 2.29 bits per heavy atom. The van der Waals surface area contributed by atoms with Crippen molar-refractivity contribution in [2.45, 2.75) is 25.3 Å². The summed E-state index contributed by atoms with van der Waals surface area (Å²) in [6.07, 6.45) is 4.61. The summed E-state index contributed by atoms with van der Waals surface area (Å²) >= 11 is 0. The minimum Gasteiger partial charge on any atom is -0.267 e. The number of nitrogens with zero attached hydrogens (tertiary/aromatic N) is 3. The van der Waals surface area contributed by atoms with Crippen LogP contribution in [0.4, 0.5) is 8.78 Å². The van der Waals surface area contributed by atoms with Crippen LogP contribution in [0.5, 0.6) is 0 Å². The molecule has 0 N–H and O–H groups in total. The Morgan fingerprint density at radius 2 is 1.52 bits per heavy atom. The van der Waals surface area contributed by atoms with Gasteiger partial charge in [-0.15, -0.1) is 0 Å². The van der Waals surface area contributed by atoms with Gasteiger partial charge in [0.1, 0.15) is 11.6 Å². The molecule has 1 fully saturated rings. The number of carbonyl (C=O) groups is 1. The van der Waals surface area contributed by atoms with Crippen molar-refractivity contribution in [3.8, 4) is 11.3 Å². The van der Waals surface area contributed by atoms with Gasteiger partial charge in [-0.3, -0.25) is 4.79 Å².